The lowest BCUT2D eigenvalue weighted by molar-refractivity contribution is -0.116. The van der Waals surface area contributed by atoms with E-state index in [-0.39, 0.29) is 29.0 Å². The summed E-state index contributed by atoms with van der Waals surface area (Å²) in [6.45, 7) is 9.41. The number of hydrogen-bond donors (Lipinski definition) is 3. The van der Waals surface area contributed by atoms with Gasteiger partial charge in [0.05, 0.1) is 5.69 Å². The maximum Gasteiger partial charge on any atom is 0.251 e. The lowest BCUT2D eigenvalue weighted by atomic mass is 10.1. The summed E-state index contributed by atoms with van der Waals surface area (Å²) in [5.41, 5.74) is 0.359. The minimum Gasteiger partial charge on any atom is -0.352 e. The Kier molecular flexibility index (Phi) is 8.00. The summed E-state index contributed by atoms with van der Waals surface area (Å²) in [5.74, 6) is -0.937. The van der Waals surface area contributed by atoms with E-state index in [1.807, 2.05) is 13.8 Å². The molecule has 1 aromatic carbocycles. The molecule has 3 N–H and O–H groups in total. The Balaban J connectivity index is 1.77. The zero-order valence-electron chi connectivity index (χ0n) is 15.6. The minimum atomic E-state index is -0.601. The van der Waals surface area contributed by atoms with Crippen molar-refractivity contribution in [3.63, 3.8) is 0 Å². The van der Waals surface area contributed by atoms with Crippen LogP contribution >= 0.6 is 0 Å². The summed E-state index contributed by atoms with van der Waals surface area (Å²) in [7, 11) is 0. The van der Waals surface area contributed by atoms with Crippen LogP contribution in [0, 0.1) is 11.7 Å². The van der Waals surface area contributed by atoms with E-state index >= 15 is 0 Å². The molecule has 0 atom stereocenters. The van der Waals surface area contributed by atoms with Crippen molar-refractivity contribution in [1.29, 1.82) is 0 Å². The maximum atomic E-state index is 14.1. The lowest BCUT2D eigenvalue weighted by Crippen LogP contribution is -2.44. The van der Waals surface area contributed by atoms with Gasteiger partial charge in [-0.25, -0.2) is 4.39 Å². The number of nitrogens with zero attached hydrogens (tertiary/aromatic N) is 1. The van der Waals surface area contributed by atoms with Crippen molar-refractivity contribution in [1.82, 2.24) is 15.5 Å². The molecule has 0 spiro atoms. The summed E-state index contributed by atoms with van der Waals surface area (Å²) in [6.07, 6.45) is 1.19. The fourth-order valence-electron chi connectivity index (χ4n) is 2.87. The van der Waals surface area contributed by atoms with Crippen LogP contribution in [-0.4, -0.2) is 56.0 Å². The number of rotatable bonds is 8. The van der Waals surface area contributed by atoms with Crippen LogP contribution in [0.1, 0.15) is 37.0 Å². The number of piperazine rings is 1. The fraction of sp³-hybridized carbons (Fsp3) is 0.579. The molecule has 0 bridgehead atoms. The van der Waals surface area contributed by atoms with Gasteiger partial charge < -0.3 is 20.9 Å². The van der Waals surface area contributed by atoms with Gasteiger partial charge in [-0.3, -0.25) is 9.59 Å². The Morgan fingerprint density at radius 3 is 2.65 bits per heavy atom. The molecule has 2 amide bonds. The maximum absolute atomic E-state index is 14.1. The molecular weight excluding hydrogens is 335 g/mol. The van der Waals surface area contributed by atoms with Crippen LogP contribution in [0.5, 0.6) is 0 Å². The first-order chi connectivity index (χ1) is 12.5. The van der Waals surface area contributed by atoms with Crippen molar-refractivity contribution >= 4 is 17.5 Å². The summed E-state index contributed by atoms with van der Waals surface area (Å²) >= 11 is 0. The number of anilines is 1. The molecule has 0 aromatic heterocycles. The average molecular weight is 364 g/mol. The number of hydrogen-bond acceptors (Lipinski definition) is 4. The molecule has 0 radical (unpaired) electrons. The molecule has 0 aliphatic carbocycles. The van der Waals surface area contributed by atoms with Crippen molar-refractivity contribution in [2.45, 2.75) is 26.7 Å². The molecule has 1 aliphatic heterocycles. The molecule has 1 heterocycles. The van der Waals surface area contributed by atoms with E-state index < -0.39 is 5.82 Å². The van der Waals surface area contributed by atoms with E-state index in [0.717, 1.165) is 45.2 Å². The average Bonchev–Trinajstić information content (AvgIpc) is 2.60. The van der Waals surface area contributed by atoms with E-state index in [1.54, 1.807) is 0 Å². The number of benzene rings is 1. The summed E-state index contributed by atoms with van der Waals surface area (Å²) in [5, 5.41) is 8.66. The Morgan fingerprint density at radius 1 is 1.27 bits per heavy atom. The standard InChI is InChI=1S/C19H29FN4O2/c1-14(2)12-18(25)23-17-5-4-15(13-16(17)20)19(26)22-6-3-9-24-10-7-21-8-11-24/h4-5,13-14,21H,3,6-12H2,1-2H3,(H,22,26)(H,23,25). The van der Waals surface area contributed by atoms with Gasteiger partial charge in [0.15, 0.2) is 0 Å². The van der Waals surface area contributed by atoms with Gasteiger partial charge in [-0.2, -0.15) is 0 Å². The van der Waals surface area contributed by atoms with Crippen molar-refractivity contribution in [3.05, 3.63) is 29.6 Å². The van der Waals surface area contributed by atoms with Crippen LogP contribution in [0.15, 0.2) is 18.2 Å². The molecule has 0 saturated carbocycles. The van der Waals surface area contributed by atoms with Crippen molar-refractivity contribution in [3.8, 4) is 0 Å². The molecule has 1 fully saturated rings. The van der Waals surface area contributed by atoms with Gasteiger partial charge in [0, 0.05) is 44.7 Å². The number of carbonyl (C=O) groups excluding carboxylic acids is 2. The minimum absolute atomic E-state index is 0.103. The van der Waals surface area contributed by atoms with Crippen molar-refractivity contribution in [2.24, 2.45) is 5.92 Å². The van der Waals surface area contributed by atoms with E-state index in [0.29, 0.717) is 13.0 Å². The highest BCUT2D eigenvalue weighted by Gasteiger charge is 2.13. The highest BCUT2D eigenvalue weighted by molar-refractivity contribution is 5.96. The zero-order chi connectivity index (χ0) is 18.9. The molecule has 6 nitrogen and oxygen atoms in total. The summed E-state index contributed by atoms with van der Waals surface area (Å²) in [4.78, 5) is 26.2. The predicted molar refractivity (Wildman–Crippen MR) is 101 cm³/mol. The van der Waals surface area contributed by atoms with Crippen molar-refractivity contribution in [2.75, 3.05) is 44.6 Å². The van der Waals surface area contributed by atoms with Crippen LogP contribution in [0.4, 0.5) is 10.1 Å². The molecule has 144 valence electrons. The number of carbonyl (C=O) groups is 2. The van der Waals surface area contributed by atoms with Gasteiger partial charge >= 0.3 is 0 Å². The smallest absolute Gasteiger partial charge is 0.251 e. The van der Waals surface area contributed by atoms with Gasteiger partial charge in [0.25, 0.3) is 5.91 Å². The second kappa shape index (κ2) is 10.2. The first-order valence-electron chi connectivity index (χ1n) is 9.26. The van der Waals surface area contributed by atoms with E-state index in [2.05, 4.69) is 20.9 Å². The Morgan fingerprint density at radius 2 is 2.00 bits per heavy atom. The monoisotopic (exact) mass is 364 g/mol. The Labute approximate surface area is 154 Å². The predicted octanol–water partition coefficient (Wildman–Crippen LogP) is 1.84. The van der Waals surface area contributed by atoms with Gasteiger partial charge in [-0.15, -0.1) is 0 Å². The van der Waals surface area contributed by atoms with E-state index in [9.17, 15) is 14.0 Å². The quantitative estimate of drug-likeness (QED) is 0.616. The molecule has 1 saturated heterocycles. The summed E-state index contributed by atoms with van der Waals surface area (Å²) in [6, 6.07) is 4.12. The van der Waals surface area contributed by atoms with Crippen LogP contribution < -0.4 is 16.0 Å². The SMILES string of the molecule is CC(C)CC(=O)Nc1ccc(C(=O)NCCCN2CCNCC2)cc1F. The van der Waals surface area contributed by atoms with Crippen LogP contribution in [0.2, 0.25) is 0 Å². The van der Waals surface area contributed by atoms with Crippen LogP contribution in [0.25, 0.3) is 0 Å². The fourth-order valence-corrected chi connectivity index (χ4v) is 2.87. The highest BCUT2D eigenvalue weighted by Crippen LogP contribution is 2.17. The third-order valence-corrected chi connectivity index (χ3v) is 4.25. The number of nitrogens with one attached hydrogen (secondary N) is 3. The molecule has 26 heavy (non-hydrogen) atoms. The lowest BCUT2D eigenvalue weighted by Gasteiger charge is -2.27. The van der Waals surface area contributed by atoms with E-state index in [1.165, 1.54) is 12.1 Å². The van der Waals surface area contributed by atoms with Crippen LogP contribution in [-0.2, 0) is 4.79 Å². The first-order valence-corrected chi connectivity index (χ1v) is 9.26. The largest absolute Gasteiger partial charge is 0.352 e. The highest BCUT2D eigenvalue weighted by atomic mass is 19.1. The summed E-state index contributed by atoms with van der Waals surface area (Å²) < 4.78 is 14.1. The molecule has 1 aromatic rings. The van der Waals surface area contributed by atoms with Gasteiger partial charge in [0.2, 0.25) is 5.91 Å². The van der Waals surface area contributed by atoms with Crippen molar-refractivity contribution < 1.29 is 14.0 Å². The Bertz CT molecular complexity index is 616. The molecule has 0 unspecified atom stereocenters. The number of halogens is 1. The molecule has 7 heteroatoms. The van der Waals surface area contributed by atoms with Gasteiger partial charge in [0.1, 0.15) is 5.82 Å². The van der Waals surface area contributed by atoms with Gasteiger partial charge in [-0.1, -0.05) is 13.8 Å². The Hall–Kier alpha value is -1.99. The first kappa shape index (κ1) is 20.3. The second-order valence-electron chi connectivity index (χ2n) is 7.04. The zero-order valence-corrected chi connectivity index (χ0v) is 15.6. The van der Waals surface area contributed by atoms with E-state index in [4.69, 9.17) is 0 Å². The third kappa shape index (κ3) is 6.72. The normalized spacial score (nSPS) is 15.1. The molecular formula is C19H29FN4O2. The van der Waals surface area contributed by atoms with Crippen LogP contribution in [0.3, 0.4) is 0 Å². The van der Waals surface area contributed by atoms with Gasteiger partial charge in [-0.05, 0) is 37.1 Å². The molecule has 1 aliphatic rings. The second-order valence-corrected chi connectivity index (χ2v) is 7.04. The third-order valence-electron chi connectivity index (χ3n) is 4.25. The molecule has 2 rings (SSSR count). The number of amides is 2. The topological polar surface area (TPSA) is 73.5 Å².